The third-order valence-corrected chi connectivity index (χ3v) is 2.25. The van der Waals surface area contributed by atoms with Gasteiger partial charge in [-0.05, 0) is 25.8 Å². The van der Waals surface area contributed by atoms with Gasteiger partial charge in [0.25, 0.3) is 0 Å². The van der Waals surface area contributed by atoms with Gasteiger partial charge < -0.3 is 5.73 Å². The summed E-state index contributed by atoms with van der Waals surface area (Å²) in [5, 5.41) is 4.01. The Kier molecular flexibility index (Phi) is 3.03. The van der Waals surface area contributed by atoms with E-state index in [-0.39, 0.29) is 6.54 Å². The maximum absolute atomic E-state index is 13.4. The van der Waals surface area contributed by atoms with Crippen LogP contribution < -0.4 is 5.73 Å². The monoisotopic (exact) mass is 185 g/mol. The quantitative estimate of drug-likeness (QED) is 0.761. The normalized spacial score (nSPS) is 15.7. The molecule has 0 aromatic carbocycles. The summed E-state index contributed by atoms with van der Waals surface area (Å²) < 4.78 is 15.1. The van der Waals surface area contributed by atoms with E-state index in [1.54, 1.807) is 10.9 Å². The molecule has 2 N–H and O–H groups in total. The second kappa shape index (κ2) is 3.87. The van der Waals surface area contributed by atoms with Gasteiger partial charge in [0, 0.05) is 25.5 Å². The Hall–Kier alpha value is -0.900. The number of nitrogens with zero attached hydrogens (tertiary/aromatic N) is 2. The van der Waals surface area contributed by atoms with E-state index in [1.165, 1.54) is 6.92 Å². The number of aromatic nitrogens is 2. The number of hydrogen-bond donors (Lipinski definition) is 1. The first-order valence-corrected chi connectivity index (χ1v) is 4.41. The van der Waals surface area contributed by atoms with E-state index in [2.05, 4.69) is 5.10 Å². The highest BCUT2D eigenvalue weighted by Gasteiger charge is 2.20. The molecule has 0 spiro atoms. The molecule has 1 aromatic rings. The molecule has 1 unspecified atom stereocenters. The molecule has 0 fully saturated rings. The fourth-order valence-corrected chi connectivity index (χ4v) is 1.14. The average Bonchev–Trinajstić information content (AvgIpc) is 2.48. The summed E-state index contributed by atoms with van der Waals surface area (Å²) in [7, 11) is 1.85. The molecule has 0 radical (unpaired) electrons. The number of halogens is 1. The molecule has 0 aliphatic carbocycles. The van der Waals surface area contributed by atoms with E-state index >= 15 is 0 Å². The van der Waals surface area contributed by atoms with Gasteiger partial charge in [-0.3, -0.25) is 4.68 Å². The average molecular weight is 185 g/mol. The molecule has 1 heterocycles. The second-order valence-electron chi connectivity index (χ2n) is 3.56. The van der Waals surface area contributed by atoms with Crippen molar-refractivity contribution in [2.45, 2.75) is 25.4 Å². The Labute approximate surface area is 77.7 Å². The Bertz CT molecular complexity index is 268. The van der Waals surface area contributed by atoms with Crippen molar-refractivity contribution in [3.8, 4) is 0 Å². The predicted octanol–water partition coefficient (Wildman–Crippen LogP) is 1.04. The summed E-state index contributed by atoms with van der Waals surface area (Å²) in [5.41, 5.74) is 5.07. The van der Waals surface area contributed by atoms with Crippen LogP contribution in [-0.4, -0.2) is 22.0 Å². The molecule has 1 aromatic heterocycles. The van der Waals surface area contributed by atoms with Crippen LogP contribution in [-0.2, 0) is 13.5 Å². The molecule has 1 rings (SSSR count). The summed E-state index contributed by atoms with van der Waals surface area (Å²) in [6.07, 6.45) is 2.84. The van der Waals surface area contributed by atoms with Crippen LogP contribution in [0, 0.1) is 0 Å². The van der Waals surface area contributed by atoms with Crippen LogP contribution in [0.4, 0.5) is 4.39 Å². The van der Waals surface area contributed by atoms with Gasteiger partial charge >= 0.3 is 0 Å². The minimum absolute atomic E-state index is 0.0743. The van der Waals surface area contributed by atoms with Crippen LogP contribution in [0.25, 0.3) is 0 Å². The number of alkyl halides is 1. The van der Waals surface area contributed by atoms with Gasteiger partial charge in [-0.1, -0.05) is 0 Å². The van der Waals surface area contributed by atoms with Crippen molar-refractivity contribution >= 4 is 0 Å². The zero-order chi connectivity index (χ0) is 9.90. The topological polar surface area (TPSA) is 43.8 Å². The number of hydrogen-bond acceptors (Lipinski definition) is 2. The first kappa shape index (κ1) is 10.2. The van der Waals surface area contributed by atoms with Crippen LogP contribution >= 0.6 is 0 Å². The lowest BCUT2D eigenvalue weighted by Gasteiger charge is -2.17. The van der Waals surface area contributed by atoms with Gasteiger partial charge in [-0.15, -0.1) is 0 Å². The molecule has 4 heteroatoms. The highest BCUT2D eigenvalue weighted by atomic mass is 19.1. The van der Waals surface area contributed by atoms with Gasteiger partial charge in [0.15, 0.2) is 0 Å². The van der Waals surface area contributed by atoms with Gasteiger partial charge in [-0.2, -0.15) is 5.10 Å². The van der Waals surface area contributed by atoms with Crippen molar-refractivity contribution in [3.63, 3.8) is 0 Å². The molecule has 0 bridgehead atoms. The van der Waals surface area contributed by atoms with E-state index in [0.29, 0.717) is 12.8 Å². The maximum Gasteiger partial charge on any atom is 0.120 e. The third kappa shape index (κ3) is 2.81. The van der Waals surface area contributed by atoms with E-state index < -0.39 is 5.67 Å². The van der Waals surface area contributed by atoms with Crippen molar-refractivity contribution in [2.24, 2.45) is 12.8 Å². The lowest BCUT2D eigenvalue weighted by molar-refractivity contribution is 0.185. The third-order valence-electron chi connectivity index (χ3n) is 2.25. The number of nitrogens with two attached hydrogens (primary N) is 1. The Morgan fingerprint density at radius 3 is 2.85 bits per heavy atom. The molecule has 13 heavy (non-hydrogen) atoms. The highest BCUT2D eigenvalue weighted by Crippen LogP contribution is 2.16. The van der Waals surface area contributed by atoms with Crippen LogP contribution in [0.15, 0.2) is 12.3 Å². The van der Waals surface area contributed by atoms with Crippen LogP contribution in [0.5, 0.6) is 0 Å². The summed E-state index contributed by atoms with van der Waals surface area (Å²) >= 11 is 0. The molecule has 3 nitrogen and oxygen atoms in total. The molecule has 74 valence electrons. The standard InChI is InChI=1S/C9H16FN3/c1-9(10,7-11)5-3-8-4-6-12-13(8)2/h4,6H,3,5,7,11H2,1-2H3. The SMILES string of the molecule is Cn1nccc1CCC(C)(F)CN. The van der Waals surface area contributed by atoms with Crippen molar-refractivity contribution in [2.75, 3.05) is 6.54 Å². The molecule has 0 aliphatic rings. The number of rotatable bonds is 4. The molecular weight excluding hydrogens is 169 g/mol. The molecule has 0 aliphatic heterocycles. The van der Waals surface area contributed by atoms with Crippen molar-refractivity contribution in [3.05, 3.63) is 18.0 Å². The van der Waals surface area contributed by atoms with Gasteiger partial charge in [-0.25, -0.2) is 4.39 Å². The van der Waals surface area contributed by atoms with E-state index in [0.717, 1.165) is 5.69 Å². The predicted molar refractivity (Wildman–Crippen MR) is 50.1 cm³/mol. The Morgan fingerprint density at radius 2 is 2.38 bits per heavy atom. The zero-order valence-corrected chi connectivity index (χ0v) is 8.13. The Morgan fingerprint density at radius 1 is 1.69 bits per heavy atom. The maximum atomic E-state index is 13.4. The van der Waals surface area contributed by atoms with Gasteiger partial charge in [0.1, 0.15) is 5.67 Å². The molecule has 1 atom stereocenters. The van der Waals surface area contributed by atoms with Crippen molar-refractivity contribution in [1.29, 1.82) is 0 Å². The largest absolute Gasteiger partial charge is 0.328 e. The lowest BCUT2D eigenvalue weighted by Crippen LogP contribution is -2.29. The zero-order valence-electron chi connectivity index (χ0n) is 8.13. The van der Waals surface area contributed by atoms with Crippen molar-refractivity contribution in [1.82, 2.24) is 9.78 Å². The first-order valence-electron chi connectivity index (χ1n) is 4.41. The van der Waals surface area contributed by atoms with Crippen LogP contribution in [0.1, 0.15) is 19.0 Å². The first-order chi connectivity index (χ1) is 6.05. The van der Waals surface area contributed by atoms with Gasteiger partial charge in [0.2, 0.25) is 0 Å². The molecule has 0 saturated carbocycles. The summed E-state index contributed by atoms with van der Waals surface area (Å²) in [6, 6.07) is 1.90. The lowest BCUT2D eigenvalue weighted by atomic mass is 10.0. The fraction of sp³-hybridized carbons (Fsp3) is 0.667. The minimum atomic E-state index is -1.26. The van der Waals surface area contributed by atoms with Crippen LogP contribution in [0.3, 0.4) is 0 Å². The molecule has 0 amide bonds. The molecular formula is C9H16FN3. The summed E-state index contributed by atoms with van der Waals surface area (Å²) in [4.78, 5) is 0. The summed E-state index contributed by atoms with van der Waals surface area (Å²) in [5.74, 6) is 0. The summed E-state index contributed by atoms with van der Waals surface area (Å²) in [6.45, 7) is 1.61. The highest BCUT2D eigenvalue weighted by molar-refractivity contribution is 5.01. The van der Waals surface area contributed by atoms with Gasteiger partial charge in [0.05, 0.1) is 0 Å². The van der Waals surface area contributed by atoms with E-state index in [9.17, 15) is 4.39 Å². The Balaban J connectivity index is 2.48. The van der Waals surface area contributed by atoms with E-state index in [4.69, 9.17) is 5.73 Å². The smallest absolute Gasteiger partial charge is 0.120 e. The second-order valence-corrected chi connectivity index (χ2v) is 3.56. The fourth-order valence-electron chi connectivity index (χ4n) is 1.14. The van der Waals surface area contributed by atoms with Crippen LogP contribution in [0.2, 0.25) is 0 Å². The van der Waals surface area contributed by atoms with E-state index in [1.807, 2.05) is 13.1 Å². The molecule has 0 saturated heterocycles. The number of aryl methyl sites for hydroxylation is 2. The minimum Gasteiger partial charge on any atom is -0.328 e. The van der Waals surface area contributed by atoms with Crippen molar-refractivity contribution < 1.29 is 4.39 Å².